The molecule has 5 heteroatoms. The van der Waals surface area contributed by atoms with Crippen LogP contribution in [0.3, 0.4) is 0 Å². The van der Waals surface area contributed by atoms with Gasteiger partial charge in [0.1, 0.15) is 0 Å². The molecule has 0 aromatic heterocycles. The van der Waals surface area contributed by atoms with Crippen LogP contribution in [0.25, 0.3) is 0 Å². The molecular formula is C10H19NO3S. The quantitative estimate of drug-likeness (QED) is 0.685. The van der Waals surface area contributed by atoms with Crippen LogP contribution in [0.15, 0.2) is 12.7 Å². The highest BCUT2D eigenvalue weighted by atomic mass is 32.2. The molecule has 88 valence electrons. The molecule has 15 heavy (non-hydrogen) atoms. The van der Waals surface area contributed by atoms with Crippen molar-refractivity contribution >= 4 is 10.0 Å². The lowest BCUT2D eigenvalue weighted by molar-refractivity contribution is 0.102. The van der Waals surface area contributed by atoms with Crippen LogP contribution in [0, 0.1) is 5.92 Å². The SMILES string of the molecule is C=CCS(=O)(=O)NCC1CCCC(O)C1. The lowest BCUT2D eigenvalue weighted by atomic mass is 9.87. The Bertz CT molecular complexity index is 300. The van der Waals surface area contributed by atoms with Gasteiger partial charge in [-0.3, -0.25) is 0 Å². The van der Waals surface area contributed by atoms with Crippen molar-refractivity contribution in [3.63, 3.8) is 0 Å². The summed E-state index contributed by atoms with van der Waals surface area (Å²) in [6.07, 6.45) is 4.64. The largest absolute Gasteiger partial charge is 0.393 e. The Morgan fingerprint density at radius 3 is 2.80 bits per heavy atom. The smallest absolute Gasteiger partial charge is 0.215 e. The van der Waals surface area contributed by atoms with E-state index in [1.54, 1.807) is 0 Å². The molecule has 0 aromatic carbocycles. The van der Waals surface area contributed by atoms with E-state index < -0.39 is 10.0 Å². The van der Waals surface area contributed by atoms with Gasteiger partial charge in [-0.15, -0.1) is 6.58 Å². The molecule has 0 spiro atoms. The summed E-state index contributed by atoms with van der Waals surface area (Å²) < 4.78 is 25.2. The van der Waals surface area contributed by atoms with Gasteiger partial charge in [0, 0.05) is 6.54 Å². The Morgan fingerprint density at radius 2 is 2.20 bits per heavy atom. The second-order valence-corrected chi connectivity index (χ2v) is 5.96. The van der Waals surface area contributed by atoms with Crippen molar-refractivity contribution in [2.75, 3.05) is 12.3 Å². The molecule has 0 amide bonds. The van der Waals surface area contributed by atoms with Crippen LogP contribution in [0.4, 0.5) is 0 Å². The molecule has 0 saturated heterocycles. The predicted molar refractivity (Wildman–Crippen MR) is 60.0 cm³/mol. The second kappa shape index (κ2) is 5.63. The van der Waals surface area contributed by atoms with E-state index in [2.05, 4.69) is 11.3 Å². The molecular weight excluding hydrogens is 214 g/mol. The third-order valence-corrected chi connectivity index (χ3v) is 3.97. The zero-order valence-electron chi connectivity index (χ0n) is 8.85. The highest BCUT2D eigenvalue weighted by Gasteiger charge is 2.21. The number of rotatable bonds is 5. The number of hydrogen-bond acceptors (Lipinski definition) is 3. The van der Waals surface area contributed by atoms with E-state index in [1.165, 1.54) is 6.08 Å². The van der Waals surface area contributed by atoms with Crippen molar-refractivity contribution in [1.29, 1.82) is 0 Å². The maximum atomic E-state index is 11.3. The van der Waals surface area contributed by atoms with E-state index in [4.69, 9.17) is 0 Å². The third-order valence-electron chi connectivity index (χ3n) is 2.68. The molecule has 2 N–H and O–H groups in total. The number of aliphatic hydroxyl groups is 1. The molecule has 0 heterocycles. The third kappa shape index (κ3) is 4.77. The van der Waals surface area contributed by atoms with Crippen LogP contribution >= 0.6 is 0 Å². The monoisotopic (exact) mass is 233 g/mol. The first-order chi connectivity index (χ1) is 7.03. The van der Waals surface area contributed by atoms with Crippen molar-refractivity contribution in [3.05, 3.63) is 12.7 Å². The highest BCUT2D eigenvalue weighted by molar-refractivity contribution is 7.89. The van der Waals surface area contributed by atoms with Gasteiger partial charge in [0.25, 0.3) is 0 Å². The number of nitrogens with one attached hydrogen (secondary N) is 1. The molecule has 4 nitrogen and oxygen atoms in total. The average Bonchev–Trinajstić information content (AvgIpc) is 2.15. The summed E-state index contributed by atoms with van der Waals surface area (Å²) in [6, 6.07) is 0. The standard InChI is InChI=1S/C10H19NO3S/c1-2-6-15(13,14)11-8-9-4-3-5-10(12)7-9/h2,9-12H,1,3-8H2. The maximum absolute atomic E-state index is 11.3. The molecule has 1 aliphatic carbocycles. The molecule has 0 radical (unpaired) electrons. The van der Waals surface area contributed by atoms with Crippen LogP contribution in [0.1, 0.15) is 25.7 Å². The fourth-order valence-corrected chi connectivity index (χ4v) is 2.82. The molecule has 0 aromatic rings. The molecule has 1 fully saturated rings. The van der Waals surface area contributed by atoms with E-state index in [0.717, 1.165) is 19.3 Å². The molecule has 1 saturated carbocycles. The van der Waals surface area contributed by atoms with Crippen molar-refractivity contribution < 1.29 is 13.5 Å². The summed E-state index contributed by atoms with van der Waals surface area (Å²) in [7, 11) is -3.20. The minimum Gasteiger partial charge on any atom is -0.393 e. The summed E-state index contributed by atoms with van der Waals surface area (Å²) in [5, 5.41) is 9.42. The van der Waals surface area contributed by atoms with Crippen molar-refractivity contribution in [3.8, 4) is 0 Å². The average molecular weight is 233 g/mol. The lowest BCUT2D eigenvalue weighted by Gasteiger charge is -2.25. The molecule has 1 aliphatic rings. The van der Waals surface area contributed by atoms with Crippen LogP contribution in [0.2, 0.25) is 0 Å². The minimum absolute atomic E-state index is 0.0394. The highest BCUT2D eigenvalue weighted by Crippen LogP contribution is 2.23. The van der Waals surface area contributed by atoms with Crippen LogP contribution in [-0.4, -0.2) is 31.9 Å². The number of aliphatic hydroxyl groups excluding tert-OH is 1. The summed E-state index contributed by atoms with van der Waals surface area (Å²) in [6.45, 7) is 3.83. The summed E-state index contributed by atoms with van der Waals surface area (Å²) in [4.78, 5) is 0. The van der Waals surface area contributed by atoms with Gasteiger partial charge in [-0.05, 0) is 25.2 Å². The second-order valence-electron chi connectivity index (χ2n) is 4.11. The van der Waals surface area contributed by atoms with Gasteiger partial charge in [0.15, 0.2) is 0 Å². The fourth-order valence-electron chi connectivity index (χ4n) is 1.91. The minimum atomic E-state index is -3.20. The Morgan fingerprint density at radius 1 is 1.47 bits per heavy atom. The first-order valence-corrected chi connectivity index (χ1v) is 6.95. The van der Waals surface area contributed by atoms with Gasteiger partial charge in [-0.1, -0.05) is 12.5 Å². The van der Waals surface area contributed by atoms with E-state index >= 15 is 0 Å². The van der Waals surface area contributed by atoms with E-state index in [-0.39, 0.29) is 17.8 Å². The topological polar surface area (TPSA) is 66.4 Å². The maximum Gasteiger partial charge on any atom is 0.215 e. The zero-order chi connectivity index (χ0) is 11.3. The van der Waals surface area contributed by atoms with Gasteiger partial charge < -0.3 is 5.11 Å². The van der Waals surface area contributed by atoms with E-state index in [1.807, 2.05) is 0 Å². The van der Waals surface area contributed by atoms with Gasteiger partial charge in [0.05, 0.1) is 11.9 Å². The lowest BCUT2D eigenvalue weighted by Crippen LogP contribution is -2.33. The Kier molecular flexibility index (Phi) is 4.76. The Hall–Kier alpha value is -0.390. The number of sulfonamides is 1. The first-order valence-electron chi connectivity index (χ1n) is 5.30. The first kappa shape index (κ1) is 12.7. The zero-order valence-corrected chi connectivity index (χ0v) is 9.67. The molecule has 0 aliphatic heterocycles. The van der Waals surface area contributed by atoms with E-state index in [0.29, 0.717) is 13.0 Å². The summed E-state index contributed by atoms with van der Waals surface area (Å²) >= 11 is 0. The van der Waals surface area contributed by atoms with Crippen LogP contribution in [0.5, 0.6) is 0 Å². The van der Waals surface area contributed by atoms with Gasteiger partial charge in [0.2, 0.25) is 10.0 Å². The number of hydrogen-bond donors (Lipinski definition) is 2. The molecule has 2 atom stereocenters. The van der Waals surface area contributed by atoms with Crippen LogP contribution < -0.4 is 4.72 Å². The van der Waals surface area contributed by atoms with Gasteiger partial charge >= 0.3 is 0 Å². The summed E-state index contributed by atoms with van der Waals surface area (Å²) in [5.41, 5.74) is 0. The fraction of sp³-hybridized carbons (Fsp3) is 0.800. The van der Waals surface area contributed by atoms with Crippen molar-refractivity contribution in [2.45, 2.75) is 31.8 Å². The summed E-state index contributed by atoms with van der Waals surface area (Å²) in [5.74, 6) is 0.232. The van der Waals surface area contributed by atoms with Crippen LogP contribution in [-0.2, 0) is 10.0 Å². The molecule has 0 bridgehead atoms. The van der Waals surface area contributed by atoms with Crippen molar-refractivity contribution in [2.24, 2.45) is 5.92 Å². The Balaban J connectivity index is 2.33. The molecule has 2 unspecified atom stereocenters. The normalized spacial score (nSPS) is 27.5. The van der Waals surface area contributed by atoms with E-state index in [9.17, 15) is 13.5 Å². The predicted octanol–water partition coefficient (Wildman–Crippen LogP) is 0.643. The van der Waals surface area contributed by atoms with Crippen molar-refractivity contribution in [1.82, 2.24) is 4.72 Å². The van der Waals surface area contributed by atoms with Gasteiger partial charge in [-0.25, -0.2) is 13.1 Å². The Labute approximate surface area is 91.4 Å². The molecule has 1 rings (SSSR count). The van der Waals surface area contributed by atoms with Gasteiger partial charge in [-0.2, -0.15) is 0 Å².